The van der Waals surface area contributed by atoms with Crippen LogP contribution in [-0.4, -0.2) is 83.1 Å². The molecule has 1 heterocycles. The van der Waals surface area contributed by atoms with Gasteiger partial charge in [0.15, 0.2) is 0 Å². The van der Waals surface area contributed by atoms with Crippen LogP contribution in [-0.2, 0) is 20.0 Å². The van der Waals surface area contributed by atoms with Gasteiger partial charge < -0.3 is 19.5 Å². The highest BCUT2D eigenvalue weighted by atomic mass is 32.2. The Balaban J connectivity index is 1.67. The van der Waals surface area contributed by atoms with Crippen LogP contribution in [0.15, 0.2) is 76.5 Å². The van der Waals surface area contributed by atoms with Crippen molar-refractivity contribution in [2.24, 2.45) is 5.92 Å². The van der Waals surface area contributed by atoms with Crippen molar-refractivity contribution in [3.8, 4) is 11.5 Å². The molecule has 0 aromatic heterocycles. The number of rotatable bonds is 10. The molecule has 0 unspecified atom stereocenters. The van der Waals surface area contributed by atoms with E-state index in [1.54, 1.807) is 19.1 Å². The van der Waals surface area contributed by atoms with Gasteiger partial charge in [0.05, 0.1) is 41.7 Å². The summed E-state index contributed by atoms with van der Waals surface area (Å²) < 4.78 is 80.7. The summed E-state index contributed by atoms with van der Waals surface area (Å²) in [5.41, 5.74) is 0.0816. The fraction of sp³-hybridized carbons (Fsp3) is 0.345. The molecule has 1 aliphatic rings. The lowest BCUT2D eigenvalue weighted by molar-refractivity contribution is 0.0387. The highest BCUT2D eigenvalue weighted by Crippen LogP contribution is 2.32. The normalized spacial score (nSPS) is 18.3. The van der Waals surface area contributed by atoms with Gasteiger partial charge in [0.2, 0.25) is 10.0 Å². The summed E-state index contributed by atoms with van der Waals surface area (Å²) >= 11 is 0. The van der Waals surface area contributed by atoms with E-state index in [-0.39, 0.29) is 52.4 Å². The molecule has 43 heavy (non-hydrogen) atoms. The Morgan fingerprint density at radius 2 is 1.70 bits per heavy atom. The number of likely N-dealkylation sites (N-methyl/N-ethyl adjacent to an activating group) is 1. The number of aliphatic hydroxyl groups excluding tert-OH is 1. The summed E-state index contributed by atoms with van der Waals surface area (Å²) in [7, 11) is -5.11. The van der Waals surface area contributed by atoms with Gasteiger partial charge in [-0.25, -0.2) is 21.2 Å². The maximum atomic E-state index is 13.7. The van der Waals surface area contributed by atoms with Gasteiger partial charge in [0, 0.05) is 25.2 Å². The van der Waals surface area contributed by atoms with E-state index in [0.29, 0.717) is 5.75 Å². The Morgan fingerprint density at radius 1 is 1.07 bits per heavy atom. The van der Waals surface area contributed by atoms with Crippen LogP contribution in [0.3, 0.4) is 0 Å². The van der Waals surface area contributed by atoms with Gasteiger partial charge in [-0.3, -0.25) is 9.52 Å². The lowest BCUT2D eigenvalue weighted by Gasteiger charge is -2.38. The zero-order valence-corrected chi connectivity index (χ0v) is 25.7. The molecule has 0 radical (unpaired) electrons. The Kier molecular flexibility index (Phi) is 9.64. The lowest BCUT2D eigenvalue weighted by atomic mass is 9.99. The van der Waals surface area contributed by atoms with Crippen LogP contribution in [0, 0.1) is 11.7 Å². The summed E-state index contributed by atoms with van der Waals surface area (Å²) in [5.74, 6) is -0.818. The number of aliphatic hydroxyl groups is 1. The van der Waals surface area contributed by atoms with Crippen LogP contribution in [0.5, 0.6) is 11.5 Å². The van der Waals surface area contributed by atoms with E-state index >= 15 is 0 Å². The van der Waals surface area contributed by atoms with Crippen LogP contribution < -0.4 is 14.2 Å². The quantitative estimate of drug-likeness (QED) is 0.346. The van der Waals surface area contributed by atoms with Gasteiger partial charge in [-0.2, -0.15) is 4.31 Å². The first kappa shape index (κ1) is 32.2. The number of anilines is 1. The summed E-state index contributed by atoms with van der Waals surface area (Å²) in [4.78, 5) is 15.0. The zero-order chi connectivity index (χ0) is 31.5. The van der Waals surface area contributed by atoms with Gasteiger partial charge in [0.25, 0.3) is 15.9 Å². The molecule has 232 valence electrons. The van der Waals surface area contributed by atoms with Gasteiger partial charge in [-0.1, -0.05) is 6.92 Å². The van der Waals surface area contributed by atoms with Crippen LogP contribution in [0.2, 0.25) is 0 Å². The topological polar surface area (TPSA) is 143 Å². The number of sulfonamides is 2. The molecule has 4 rings (SSSR count). The second kappa shape index (κ2) is 12.9. The van der Waals surface area contributed by atoms with E-state index in [4.69, 9.17) is 9.47 Å². The minimum absolute atomic E-state index is 0.0252. The largest absolute Gasteiger partial charge is 0.497 e. The number of ether oxygens (including phenoxy) is 2. The SMILES string of the molecule is COc1ccc(S(=O)(=O)N(C)C[C@@H]2Oc3ccc(NS(=O)(=O)c4ccc(F)cc4)cc3C(=O)N([C@H](C)CO)C[C@H]2C)cc1. The molecule has 0 bridgehead atoms. The predicted octanol–water partition coefficient (Wildman–Crippen LogP) is 3.18. The third-order valence-corrected chi connectivity index (χ3v) is 10.5. The molecule has 0 saturated heterocycles. The standard InChI is InChI=1S/C29H34FN3O8S2/c1-19-16-33(20(2)18-34)29(35)26-15-22(31-42(36,37)24-10-5-21(30)6-11-24)7-14-27(26)41-28(19)17-32(3)43(38,39)25-12-8-23(40-4)9-13-25/h5-15,19-20,28,31,34H,16-18H2,1-4H3/t19-,20-,28+/m1/s1. The van der Waals surface area contributed by atoms with Crippen molar-refractivity contribution in [2.45, 2.75) is 35.8 Å². The van der Waals surface area contributed by atoms with Crippen LogP contribution in [0.25, 0.3) is 0 Å². The number of amides is 1. The van der Waals surface area contributed by atoms with Crippen molar-refractivity contribution in [2.75, 3.05) is 38.6 Å². The average Bonchev–Trinajstić information content (AvgIpc) is 2.98. The fourth-order valence-electron chi connectivity index (χ4n) is 4.61. The molecule has 3 aromatic carbocycles. The second-order valence-electron chi connectivity index (χ2n) is 10.4. The summed E-state index contributed by atoms with van der Waals surface area (Å²) in [6, 6.07) is 13.8. The number of hydrogen-bond donors (Lipinski definition) is 2. The van der Waals surface area contributed by atoms with Crippen LogP contribution in [0.4, 0.5) is 10.1 Å². The minimum Gasteiger partial charge on any atom is -0.497 e. The molecular weight excluding hydrogens is 601 g/mol. The van der Waals surface area contributed by atoms with E-state index in [9.17, 15) is 31.1 Å². The van der Waals surface area contributed by atoms with Gasteiger partial charge >= 0.3 is 0 Å². The number of methoxy groups -OCH3 is 1. The van der Waals surface area contributed by atoms with Crippen molar-refractivity contribution < 1.29 is 40.6 Å². The van der Waals surface area contributed by atoms with Gasteiger partial charge in [0.1, 0.15) is 23.4 Å². The number of carbonyl (C=O) groups excluding carboxylic acids is 1. The molecule has 3 aromatic rings. The zero-order valence-electron chi connectivity index (χ0n) is 24.1. The van der Waals surface area contributed by atoms with E-state index in [0.717, 1.165) is 24.3 Å². The minimum atomic E-state index is -4.11. The Labute approximate surface area is 250 Å². The first-order chi connectivity index (χ1) is 20.3. The number of hydrogen-bond acceptors (Lipinski definition) is 8. The molecule has 2 N–H and O–H groups in total. The molecular formula is C29H34FN3O8S2. The van der Waals surface area contributed by atoms with Crippen molar-refractivity contribution in [3.05, 3.63) is 78.1 Å². The molecule has 1 amide bonds. The number of halogens is 1. The first-order valence-electron chi connectivity index (χ1n) is 13.4. The molecule has 0 aliphatic carbocycles. The smallest absolute Gasteiger partial charge is 0.261 e. The molecule has 3 atom stereocenters. The van der Waals surface area contributed by atoms with Crippen LogP contribution >= 0.6 is 0 Å². The van der Waals surface area contributed by atoms with Crippen molar-refractivity contribution in [3.63, 3.8) is 0 Å². The van der Waals surface area contributed by atoms with E-state index in [1.807, 2.05) is 6.92 Å². The molecule has 0 saturated carbocycles. The number of nitrogens with zero attached hydrogens (tertiary/aromatic N) is 2. The predicted molar refractivity (Wildman–Crippen MR) is 158 cm³/mol. The van der Waals surface area contributed by atoms with Crippen molar-refractivity contribution in [1.29, 1.82) is 0 Å². The third kappa shape index (κ3) is 7.09. The number of benzene rings is 3. The van der Waals surface area contributed by atoms with Crippen molar-refractivity contribution >= 4 is 31.6 Å². The Bertz CT molecular complexity index is 1670. The molecule has 0 spiro atoms. The fourth-order valence-corrected chi connectivity index (χ4v) is 6.84. The monoisotopic (exact) mass is 635 g/mol. The van der Waals surface area contributed by atoms with Gasteiger partial charge in [-0.15, -0.1) is 0 Å². The average molecular weight is 636 g/mol. The number of fused-ring (bicyclic) bond motifs is 1. The summed E-state index contributed by atoms with van der Waals surface area (Å²) in [5, 5.41) is 9.90. The Morgan fingerprint density at radius 3 is 2.30 bits per heavy atom. The third-order valence-electron chi connectivity index (χ3n) is 7.25. The van der Waals surface area contributed by atoms with E-state index in [1.165, 1.54) is 53.7 Å². The molecule has 14 heteroatoms. The summed E-state index contributed by atoms with van der Waals surface area (Å²) in [6.45, 7) is 3.22. The van der Waals surface area contributed by atoms with Crippen LogP contribution in [0.1, 0.15) is 24.2 Å². The maximum Gasteiger partial charge on any atom is 0.261 e. The van der Waals surface area contributed by atoms with Gasteiger partial charge in [-0.05, 0) is 73.7 Å². The second-order valence-corrected chi connectivity index (χ2v) is 14.1. The maximum absolute atomic E-state index is 13.7. The molecule has 11 nitrogen and oxygen atoms in total. The number of nitrogens with one attached hydrogen (secondary N) is 1. The van der Waals surface area contributed by atoms with Crippen molar-refractivity contribution in [1.82, 2.24) is 9.21 Å². The van der Waals surface area contributed by atoms with E-state index < -0.39 is 43.9 Å². The highest BCUT2D eigenvalue weighted by Gasteiger charge is 2.35. The summed E-state index contributed by atoms with van der Waals surface area (Å²) in [6.07, 6.45) is -0.722. The lowest BCUT2D eigenvalue weighted by Crippen LogP contribution is -2.50. The highest BCUT2D eigenvalue weighted by molar-refractivity contribution is 7.92. The number of carbonyl (C=O) groups is 1. The van der Waals surface area contributed by atoms with E-state index in [2.05, 4.69) is 4.72 Å². The molecule has 0 fully saturated rings. The molecule has 1 aliphatic heterocycles. The first-order valence-corrected chi connectivity index (χ1v) is 16.3. The Hall–Kier alpha value is -3.72.